The van der Waals surface area contributed by atoms with Gasteiger partial charge in [0.1, 0.15) is 0 Å². The summed E-state index contributed by atoms with van der Waals surface area (Å²) in [5, 5.41) is 21.0. The normalized spacial score (nSPS) is 14.8. The molecule has 0 aromatic carbocycles. The average molecular weight is 293 g/mol. The maximum atomic E-state index is 9.43. The molecule has 0 aliphatic rings. The summed E-state index contributed by atoms with van der Waals surface area (Å²) >= 11 is 4.86. The fourth-order valence-electron chi connectivity index (χ4n) is 1.14. The van der Waals surface area contributed by atoms with Crippen molar-refractivity contribution in [1.82, 2.24) is 15.5 Å². The van der Waals surface area contributed by atoms with E-state index in [1.165, 1.54) is 0 Å². The molecule has 0 saturated heterocycles. The first-order chi connectivity index (χ1) is 8.13. The Bertz CT molecular complexity index is 334. The molecule has 1 unspecified atom stereocenters. The highest BCUT2D eigenvalue weighted by Gasteiger charge is 2.23. The van der Waals surface area contributed by atoms with Crippen LogP contribution in [-0.2, 0) is 0 Å². The fourth-order valence-corrected chi connectivity index (χ4v) is 3.69. The predicted molar refractivity (Wildman–Crippen MR) is 76.2 cm³/mol. The largest absolute Gasteiger partial charge is 0.394 e. The standard InChI is InChI=1S/C10H19N3OS3/c1-4-5-11-10(2,6-14)7-16-9-13-12-8(15-3)17-9/h11,14H,4-7H2,1-3H3. The molecule has 0 amide bonds. The third-order valence-corrected chi connectivity index (χ3v) is 5.63. The Morgan fingerprint density at radius 3 is 2.65 bits per heavy atom. The maximum absolute atomic E-state index is 9.43. The monoisotopic (exact) mass is 293 g/mol. The van der Waals surface area contributed by atoms with Gasteiger partial charge in [0.05, 0.1) is 6.61 Å². The van der Waals surface area contributed by atoms with E-state index < -0.39 is 0 Å². The molecule has 0 bridgehead atoms. The van der Waals surface area contributed by atoms with E-state index in [1.54, 1.807) is 34.9 Å². The van der Waals surface area contributed by atoms with Gasteiger partial charge in [-0.2, -0.15) is 0 Å². The van der Waals surface area contributed by atoms with Gasteiger partial charge in [-0.15, -0.1) is 10.2 Å². The molecular weight excluding hydrogens is 274 g/mol. The lowest BCUT2D eigenvalue weighted by Gasteiger charge is -2.27. The van der Waals surface area contributed by atoms with Crippen LogP contribution in [0, 0.1) is 0 Å². The van der Waals surface area contributed by atoms with E-state index in [1.807, 2.05) is 13.2 Å². The van der Waals surface area contributed by atoms with Crippen molar-refractivity contribution in [2.75, 3.05) is 25.2 Å². The van der Waals surface area contributed by atoms with Crippen LogP contribution in [-0.4, -0.2) is 46.0 Å². The molecule has 4 nitrogen and oxygen atoms in total. The summed E-state index contributed by atoms with van der Waals surface area (Å²) in [6.45, 7) is 5.21. The highest BCUT2D eigenvalue weighted by Crippen LogP contribution is 2.29. The number of hydrogen-bond acceptors (Lipinski definition) is 7. The number of thioether (sulfide) groups is 2. The van der Waals surface area contributed by atoms with Crippen LogP contribution in [0.4, 0.5) is 0 Å². The minimum Gasteiger partial charge on any atom is -0.394 e. The Morgan fingerprint density at radius 1 is 1.41 bits per heavy atom. The second-order valence-electron chi connectivity index (χ2n) is 3.97. The molecule has 0 aliphatic heterocycles. The highest BCUT2D eigenvalue weighted by atomic mass is 32.2. The first kappa shape index (κ1) is 15.2. The van der Waals surface area contributed by atoms with E-state index >= 15 is 0 Å². The van der Waals surface area contributed by atoms with Gasteiger partial charge < -0.3 is 10.4 Å². The van der Waals surface area contributed by atoms with Crippen molar-refractivity contribution in [3.05, 3.63) is 0 Å². The molecular formula is C10H19N3OS3. The Morgan fingerprint density at radius 2 is 2.12 bits per heavy atom. The van der Waals surface area contributed by atoms with Gasteiger partial charge in [-0.05, 0) is 26.1 Å². The number of aliphatic hydroxyl groups excluding tert-OH is 1. The van der Waals surface area contributed by atoms with Gasteiger partial charge in [0.2, 0.25) is 0 Å². The summed E-state index contributed by atoms with van der Waals surface area (Å²) in [6, 6.07) is 0. The van der Waals surface area contributed by atoms with E-state index in [0.717, 1.165) is 27.4 Å². The van der Waals surface area contributed by atoms with E-state index in [0.29, 0.717) is 0 Å². The number of aromatic nitrogens is 2. The van der Waals surface area contributed by atoms with Crippen molar-refractivity contribution >= 4 is 34.9 Å². The summed E-state index contributed by atoms with van der Waals surface area (Å²) in [5.74, 6) is 0.798. The first-order valence-electron chi connectivity index (χ1n) is 5.49. The van der Waals surface area contributed by atoms with Crippen LogP contribution < -0.4 is 5.32 Å². The molecule has 1 aromatic rings. The van der Waals surface area contributed by atoms with Crippen LogP contribution >= 0.6 is 34.9 Å². The number of aliphatic hydroxyl groups is 1. The molecule has 0 radical (unpaired) electrons. The topological polar surface area (TPSA) is 58.0 Å². The summed E-state index contributed by atoms with van der Waals surface area (Å²) in [7, 11) is 0. The maximum Gasteiger partial charge on any atom is 0.175 e. The van der Waals surface area contributed by atoms with Gasteiger partial charge >= 0.3 is 0 Å². The van der Waals surface area contributed by atoms with E-state index in [4.69, 9.17) is 0 Å². The fraction of sp³-hybridized carbons (Fsp3) is 0.800. The summed E-state index contributed by atoms with van der Waals surface area (Å²) in [6.07, 6.45) is 3.06. The molecule has 7 heteroatoms. The molecule has 1 heterocycles. The molecule has 0 spiro atoms. The zero-order valence-electron chi connectivity index (χ0n) is 10.4. The lowest BCUT2D eigenvalue weighted by Crippen LogP contribution is -2.48. The second-order valence-corrected chi connectivity index (χ2v) is 7.23. The van der Waals surface area contributed by atoms with Gasteiger partial charge in [0.15, 0.2) is 8.68 Å². The number of nitrogens with zero attached hydrogens (tertiary/aromatic N) is 2. The number of rotatable bonds is 8. The Labute approximate surface area is 115 Å². The molecule has 2 N–H and O–H groups in total. The Hall–Kier alpha value is 0.180. The van der Waals surface area contributed by atoms with Gasteiger partial charge in [-0.1, -0.05) is 41.8 Å². The van der Waals surface area contributed by atoms with Crippen LogP contribution in [0.2, 0.25) is 0 Å². The van der Waals surface area contributed by atoms with E-state index in [9.17, 15) is 5.11 Å². The van der Waals surface area contributed by atoms with Crippen LogP contribution in [0.25, 0.3) is 0 Å². The first-order valence-corrected chi connectivity index (χ1v) is 8.52. The zero-order valence-corrected chi connectivity index (χ0v) is 12.8. The SMILES string of the molecule is CCCNC(C)(CO)CSc1nnc(SC)s1. The Balaban J connectivity index is 2.46. The van der Waals surface area contributed by atoms with E-state index in [-0.39, 0.29) is 12.1 Å². The van der Waals surface area contributed by atoms with Crippen molar-refractivity contribution in [3.63, 3.8) is 0 Å². The van der Waals surface area contributed by atoms with Crippen molar-refractivity contribution in [2.45, 2.75) is 34.5 Å². The lowest BCUT2D eigenvalue weighted by molar-refractivity contribution is 0.192. The molecule has 0 fully saturated rings. The van der Waals surface area contributed by atoms with Gasteiger partial charge in [-0.3, -0.25) is 0 Å². The number of hydrogen-bond donors (Lipinski definition) is 2. The molecule has 1 aromatic heterocycles. The molecule has 1 atom stereocenters. The van der Waals surface area contributed by atoms with Crippen molar-refractivity contribution in [3.8, 4) is 0 Å². The zero-order chi connectivity index (χ0) is 12.7. The van der Waals surface area contributed by atoms with Crippen LogP contribution in [0.15, 0.2) is 8.68 Å². The third-order valence-electron chi connectivity index (χ3n) is 2.23. The predicted octanol–water partition coefficient (Wildman–Crippen LogP) is 2.10. The third kappa shape index (κ3) is 5.13. The molecule has 0 saturated carbocycles. The van der Waals surface area contributed by atoms with Crippen LogP contribution in [0.1, 0.15) is 20.3 Å². The molecule has 98 valence electrons. The van der Waals surface area contributed by atoms with Gasteiger partial charge in [0, 0.05) is 11.3 Å². The minimum absolute atomic E-state index is 0.133. The average Bonchev–Trinajstić information content (AvgIpc) is 2.82. The summed E-state index contributed by atoms with van der Waals surface area (Å²) in [4.78, 5) is 0. The minimum atomic E-state index is -0.244. The lowest BCUT2D eigenvalue weighted by atomic mass is 10.1. The van der Waals surface area contributed by atoms with Crippen molar-refractivity contribution in [1.29, 1.82) is 0 Å². The molecule has 1 rings (SSSR count). The van der Waals surface area contributed by atoms with Crippen molar-refractivity contribution in [2.24, 2.45) is 0 Å². The quantitative estimate of drug-likeness (QED) is 0.716. The smallest absolute Gasteiger partial charge is 0.175 e. The van der Waals surface area contributed by atoms with Crippen LogP contribution in [0.5, 0.6) is 0 Å². The van der Waals surface area contributed by atoms with E-state index in [2.05, 4.69) is 22.4 Å². The number of nitrogens with one attached hydrogen (secondary N) is 1. The summed E-state index contributed by atoms with van der Waals surface area (Å²) < 4.78 is 1.95. The van der Waals surface area contributed by atoms with Crippen LogP contribution in [0.3, 0.4) is 0 Å². The Kier molecular flexibility index (Phi) is 6.79. The van der Waals surface area contributed by atoms with Crippen molar-refractivity contribution < 1.29 is 5.11 Å². The molecule has 0 aliphatic carbocycles. The summed E-state index contributed by atoms with van der Waals surface area (Å²) in [5.41, 5.74) is -0.244. The van der Waals surface area contributed by atoms with Gasteiger partial charge in [0.25, 0.3) is 0 Å². The second kappa shape index (κ2) is 7.58. The molecule has 17 heavy (non-hydrogen) atoms. The highest BCUT2D eigenvalue weighted by molar-refractivity contribution is 8.03. The van der Waals surface area contributed by atoms with Gasteiger partial charge in [-0.25, -0.2) is 0 Å².